The van der Waals surface area contributed by atoms with E-state index in [4.69, 9.17) is 5.73 Å². The summed E-state index contributed by atoms with van der Waals surface area (Å²) in [5.41, 5.74) is 9.47. The van der Waals surface area contributed by atoms with Crippen LogP contribution in [0.15, 0.2) is 0 Å². The van der Waals surface area contributed by atoms with Gasteiger partial charge in [0.05, 0.1) is 11.7 Å². The Morgan fingerprint density at radius 2 is 2.05 bits per heavy atom. The lowest BCUT2D eigenvalue weighted by molar-refractivity contribution is -0.136. The van der Waals surface area contributed by atoms with Gasteiger partial charge in [0.2, 0.25) is 5.91 Å². The summed E-state index contributed by atoms with van der Waals surface area (Å²) in [6.45, 7) is 5.03. The molecular weight excluding hydrogens is 264 g/mol. The number of carbonyl (C=O) groups excluding carboxylic acids is 1. The van der Waals surface area contributed by atoms with Gasteiger partial charge in [-0.25, -0.2) is 0 Å². The van der Waals surface area contributed by atoms with Crippen LogP contribution in [0.1, 0.15) is 55.1 Å². The monoisotopic (exact) mass is 290 g/mol. The molecule has 3 unspecified atom stereocenters. The van der Waals surface area contributed by atoms with E-state index in [1.54, 1.807) is 0 Å². The number of aryl methyl sites for hydroxylation is 2. The van der Waals surface area contributed by atoms with Crippen molar-refractivity contribution in [2.24, 2.45) is 18.7 Å². The minimum atomic E-state index is 0.137. The molecule has 1 aliphatic heterocycles. The number of rotatable bonds is 2. The van der Waals surface area contributed by atoms with Crippen LogP contribution in [0.25, 0.3) is 0 Å². The van der Waals surface area contributed by atoms with Gasteiger partial charge < -0.3 is 10.6 Å². The average molecular weight is 290 g/mol. The van der Waals surface area contributed by atoms with E-state index < -0.39 is 0 Å². The molecule has 3 atom stereocenters. The number of nitrogens with zero attached hydrogens (tertiary/aromatic N) is 3. The normalized spacial score (nSPS) is 29.3. The number of carbonyl (C=O) groups is 1. The largest absolute Gasteiger partial charge is 0.335 e. The number of nitrogens with two attached hydrogens (primary N) is 1. The molecule has 1 saturated heterocycles. The maximum Gasteiger partial charge on any atom is 0.226 e. The lowest BCUT2D eigenvalue weighted by Crippen LogP contribution is -2.35. The number of hydrogen-bond acceptors (Lipinski definition) is 3. The van der Waals surface area contributed by atoms with Crippen LogP contribution in [0.4, 0.5) is 0 Å². The second kappa shape index (κ2) is 5.44. The van der Waals surface area contributed by atoms with E-state index in [9.17, 15) is 4.79 Å². The molecule has 2 fully saturated rings. The van der Waals surface area contributed by atoms with Crippen LogP contribution in [0, 0.1) is 19.8 Å². The highest BCUT2D eigenvalue weighted by Gasteiger charge is 2.38. The summed E-state index contributed by atoms with van der Waals surface area (Å²) in [6.07, 6.45) is 4.93. The summed E-state index contributed by atoms with van der Waals surface area (Å²) in [7, 11) is 1.98. The minimum Gasteiger partial charge on any atom is -0.335 e. The molecule has 21 heavy (non-hydrogen) atoms. The molecule has 1 aliphatic carbocycles. The van der Waals surface area contributed by atoms with Gasteiger partial charge in [-0.1, -0.05) is 0 Å². The molecule has 1 aromatic heterocycles. The summed E-state index contributed by atoms with van der Waals surface area (Å²) in [6, 6.07) is 0.421. The van der Waals surface area contributed by atoms with E-state index in [0.717, 1.165) is 44.3 Å². The molecule has 2 heterocycles. The average Bonchev–Trinajstić information content (AvgIpc) is 3.11. The van der Waals surface area contributed by atoms with Crippen LogP contribution < -0.4 is 5.73 Å². The van der Waals surface area contributed by atoms with E-state index in [-0.39, 0.29) is 18.0 Å². The van der Waals surface area contributed by atoms with Gasteiger partial charge in [0, 0.05) is 36.8 Å². The highest BCUT2D eigenvalue weighted by molar-refractivity contribution is 5.80. The first-order chi connectivity index (χ1) is 9.99. The van der Waals surface area contributed by atoms with Gasteiger partial charge in [-0.15, -0.1) is 0 Å². The third-order valence-electron chi connectivity index (χ3n) is 5.26. The number of likely N-dealkylation sites (tertiary alicyclic amines) is 1. The standard InChI is InChI=1S/C16H26N4O/c1-10-15(11(2)19(3)18-10)14-5-4-8-20(14)16(21)12-6-7-13(17)9-12/h12-14H,4-9,17H2,1-3H3. The minimum absolute atomic E-state index is 0.137. The van der Waals surface area contributed by atoms with E-state index >= 15 is 0 Å². The van der Waals surface area contributed by atoms with Gasteiger partial charge in [0.15, 0.2) is 0 Å². The molecule has 0 aromatic carbocycles. The molecule has 0 spiro atoms. The third-order valence-corrected chi connectivity index (χ3v) is 5.26. The van der Waals surface area contributed by atoms with Crippen molar-refractivity contribution in [1.82, 2.24) is 14.7 Å². The lowest BCUT2D eigenvalue weighted by atomic mass is 10.00. The van der Waals surface area contributed by atoms with E-state index in [0.29, 0.717) is 5.91 Å². The quantitative estimate of drug-likeness (QED) is 0.903. The Morgan fingerprint density at radius 1 is 1.29 bits per heavy atom. The molecule has 0 radical (unpaired) electrons. The smallest absolute Gasteiger partial charge is 0.226 e. The molecule has 5 heteroatoms. The van der Waals surface area contributed by atoms with Gasteiger partial charge in [-0.3, -0.25) is 9.48 Å². The highest BCUT2D eigenvalue weighted by atomic mass is 16.2. The summed E-state index contributed by atoms with van der Waals surface area (Å²) >= 11 is 0. The number of amides is 1. The first kappa shape index (κ1) is 14.6. The van der Waals surface area contributed by atoms with Crippen molar-refractivity contribution in [2.75, 3.05) is 6.54 Å². The zero-order valence-corrected chi connectivity index (χ0v) is 13.3. The maximum absolute atomic E-state index is 12.8. The molecule has 116 valence electrons. The maximum atomic E-state index is 12.8. The fraction of sp³-hybridized carbons (Fsp3) is 0.750. The van der Waals surface area contributed by atoms with E-state index in [1.165, 1.54) is 11.3 Å². The van der Waals surface area contributed by atoms with Crippen molar-refractivity contribution in [3.63, 3.8) is 0 Å². The van der Waals surface area contributed by atoms with Gasteiger partial charge in [-0.2, -0.15) is 5.10 Å². The van der Waals surface area contributed by atoms with Crippen molar-refractivity contribution >= 4 is 5.91 Å². The summed E-state index contributed by atoms with van der Waals surface area (Å²) in [4.78, 5) is 14.9. The Hall–Kier alpha value is -1.36. The summed E-state index contributed by atoms with van der Waals surface area (Å²) < 4.78 is 1.93. The molecule has 0 bridgehead atoms. The summed E-state index contributed by atoms with van der Waals surface area (Å²) in [5.74, 6) is 0.450. The fourth-order valence-electron chi connectivity index (χ4n) is 4.08. The topological polar surface area (TPSA) is 64.2 Å². The first-order valence-corrected chi connectivity index (χ1v) is 8.05. The molecule has 2 aliphatic rings. The van der Waals surface area contributed by atoms with Crippen LogP contribution in [-0.4, -0.2) is 33.2 Å². The Labute approximate surface area is 126 Å². The van der Waals surface area contributed by atoms with Crippen molar-refractivity contribution in [3.8, 4) is 0 Å². The van der Waals surface area contributed by atoms with E-state index in [2.05, 4.69) is 23.8 Å². The molecule has 1 aromatic rings. The molecule has 1 saturated carbocycles. The van der Waals surface area contributed by atoms with Crippen LogP contribution in [0.5, 0.6) is 0 Å². The second-order valence-electron chi connectivity index (χ2n) is 6.67. The van der Waals surface area contributed by atoms with Crippen LogP contribution in [-0.2, 0) is 11.8 Å². The SMILES string of the molecule is Cc1nn(C)c(C)c1C1CCCN1C(=O)C1CCC(N)C1. The number of hydrogen-bond donors (Lipinski definition) is 1. The van der Waals surface area contributed by atoms with Gasteiger partial charge in [0.1, 0.15) is 0 Å². The predicted octanol–water partition coefficient (Wildman–Crippen LogP) is 1.83. The van der Waals surface area contributed by atoms with Crippen molar-refractivity contribution in [3.05, 3.63) is 17.0 Å². The number of aromatic nitrogens is 2. The Bertz CT molecular complexity index is 551. The Balaban J connectivity index is 1.84. The Morgan fingerprint density at radius 3 is 2.62 bits per heavy atom. The zero-order chi connectivity index (χ0) is 15.1. The van der Waals surface area contributed by atoms with Crippen molar-refractivity contribution in [2.45, 2.75) is 58.0 Å². The lowest BCUT2D eigenvalue weighted by Gasteiger charge is -2.28. The van der Waals surface area contributed by atoms with Gasteiger partial charge in [-0.05, 0) is 46.0 Å². The van der Waals surface area contributed by atoms with Crippen LogP contribution >= 0.6 is 0 Å². The zero-order valence-electron chi connectivity index (χ0n) is 13.3. The predicted molar refractivity (Wildman–Crippen MR) is 81.7 cm³/mol. The van der Waals surface area contributed by atoms with Gasteiger partial charge in [0.25, 0.3) is 0 Å². The van der Waals surface area contributed by atoms with Gasteiger partial charge >= 0.3 is 0 Å². The highest BCUT2D eigenvalue weighted by Crippen LogP contribution is 2.38. The fourth-order valence-corrected chi connectivity index (χ4v) is 4.08. The molecular formula is C16H26N4O. The molecule has 3 rings (SSSR count). The van der Waals surface area contributed by atoms with Crippen molar-refractivity contribution in [1.29, 1.82) is 0 Å². The van der Waals surface area contributed by atoms with Crippen molar-refractivity contribution < 1.29 is 4.79 Å². The molecule has 1 amide bonds. The molecule has 5 nitrogen and oxygen atoms in total. The Kier molecular flexibility index (Phi) is 3.78. The van der Waals surface area contributed by atoms with E-state index in [1.807, 2.05) is 11.7 Å². The first-order valence-electron chi connectivity index (χ1n) is 8.05. The third kappa shape index (κ3) is 2.48. The van der Waals surface area contributed by atoms with Crippen LogP contribution in [0.3, 0.4) is 0 Å². The summed E-state index contributed by atoms with van der Waals surface area (Å²) in [5, 5.41) is 4.52. The van der Waals surface area contributed by atoms with Crippen LogP contribution in [0.2, 0.25) is 0 Å². The molecule has 2 N–H and O–H groups in total. The second-order valence-corrected chi connectivity index (χ2v) is 6.67.